The molecule has 1 atom stereocenters. The number of nitrogens with one attached hydrogen (secondary N) is 3. The van der Waals surface area contributed by atoms with Crippen LogP contribution in [0.4, 0.5) is 5.69 Å². The number of carbonyl (C=O) groups excluding carboxylic acids is 2. The molecule has 0 bridgehead atoms. The Morgan fingerprint density at radius 2 is 1.76 bits per heavy atom. The third-order valence-corrected chi connectivity index (χ3v) is 8.35. The lowest BCUT2D eigenvalue weighted by Gasteiger charge is -2.12. The quantitative estimate of drug-likeness (QED) is 0.493. The SMILES string of the molecule is O=C(CNC(=O)c1ccc2c(c1)OCO2)Nc1ccc(S(=O)(=O)NC2CCS(=O)(=O)C2)cc1. The van der Waals surface area contributed by atoms with Gasteiger partial charge in [0.05, 0.1) is 22.9 Å². The van der Waals surface area contributed by atoms with E-state index in [1.54, 1.807) is 12.1 Å². The van der Waals surface area contributed by atoms with Crippen LogP contribution >= 0.6 is 0 Å². The Balaban J connectivity index is 1.29. The molecule has 13 heteroatoms. The average Bonchev–Trinajstić information content (AvgIpc) is 3.37. The molecular formula is C20H21N3O8S2. The van der Waals surface area contributed by atoms with E-state index in [0.29, 0.717) is 22.7 Å². The molecule has 1 unspecified atom stereocenters. The van der Waals surface area contributed by atoms with E-state index in [2.05, 4.69) is 15.4 Å². The van der Waals surface area contributed by atoms with Crippen molar-refractivity contribution in [1.29, 1.82) is 0 Å². The second kappa shape index (κ2) is 9.00. The summed E-state index contributed by atoms with van der Waals surface area (Å²) in [7, 11) is -7.12. The lowest BCUT2D eigenvalue weighted by atomic mass is 10.2. The van der Waals surface area contributed by atoms with E-state index in [1.165, 1.54) is 30.3 Å². The second-order valence-electron chi connectivity index (χ2n) is 7.54. The van der Waals surface area contributed by atoms with E-state index in [9.17, 15) is 26.4 Å². The average molecular weight is 496 g/mol. The predicted octanol–water partition coefficient (Wildman–Crippen LogP) is 0.249. The summed E-state index contributed by atoms with van der Waals surface area (Å²) in [5.74, 6) is -0.252. The first kappa shape index (κ1) is 23.0. The van der Waals surface area contributed by atoms with Gasteiger partial charge >= 0.3 is 0 Å². The van der Waals surface area contributed by atoms with E-state index in [1.807, 2.05) is 0 Å². The minimum absolute atomic E-state index is 0.0453. The fraction of sp³-hybridized carbons (Fsp3) is 0.300. The van der Waals surface area contributed by atoms with Crippen molar-refractivity contribution in [2.24, 2.45) is 0 Å². The molecule has 2 aromatic rings. The van der Waals surface area contributed by atoms with Crippen LogP contribution in [0.5, 0.6) is 11.5 Å². The van der Waals surface area contributed by atoms with Gasteiger partial charge in [-0.1, -0.05) is 0 Å². The number of sulfone groups is 1. The fourth-order valence-corrected chi connectivity index (χ4v) is 6.45. The number of carbonyl (C=O) groups is 2. The van der Waals surface area contributed by atoms with Crippen LogP contribution in [0.25, 0.3) is 0 Å². The normalized spacial score (nSPS) is 18.6. The lowest BCUT2D eigenvalue weighted by molar-refractivity contribution is -0.115. The first-order valence-electron chi connectivity index (χ1n) is 9.92. The highest BCUT2D eigenvalue weighted by molar-refractivity contribution is 7.92. The summed E-state index contributed by atoms with van der Waals surface area (Å²) in [6.07, 6.45) is 0.230. The molecule has 0 radical (unpaired) electrons. The molecular weight excluding hydrogens is 474 g/mol. The Morgan fingerprint density at radius 1 is 1.03 bits per heavy atom. The van der Waals surface area contributed by atoms with Gasteiger partial charge in [-0.2, -0.15) is 0 Å². The van der Waals surface area contributed by atoms with E-state index in [4.69, 9.17) is 9.47 Å². The van der Waals surface area contributed by atoms with Gasteiger partial charge in [0.1, 0.15) is 0 Å². The van der Waals surface area contributed by atoms with Crippen molar-refractivity contribution in [2.75, 3.05) is 30.2 Å². The summed E-state index contributed by atoms with van der Waals surface area (Å²) in [5, 5.41) is 5.05. The van der Waals surface area contributed by atoms with Gasteiger partial charge in [0.25, 0.3) is 5.91 Å². The highest BCUT2D eigenvalue weighted by Crippen LogP contribution is 2.32. The van der Waals surface area contributed by atoms with E-state index in [0.717, 1.165) is 0 Å². The van der Waals surface area contributed by atoms with Crippen LogP contribution in [0.2, 0.25) is 0 Å². The highest BCUT2D eigenvalue weighted by Gasteiger charge is 2.31. The van der Waals surface area contributed by atoms with Crippen LogP contribution in [0.1, 0.15) is 16.8 Å². The van der Waals surface area contributed by atoms with Crippen LogP contribution in [-0.4, -0.2) is 59.5 Å². The van der Waals surface area contributed by atoms with E-state index in [-0.39, 0.29) is 36.2 Å². The number of sulfonamides is 1. The van der Waals surface area contributed by atoms with Crippen molar-refractivity contribution in [3.8, 4) is 11.5 Å². The molecule has 2 aromatic carbocycles. The standard InChI is InChI=1S/C20H21N3O8S2/c24-19(10-21-20(25)13-1-6-17-18(9-13)31-12-30-17)22-14-2-4-16(5-3-14)33(28,29)23-15-7-8-32(26,27)11-15/h1-6,9,15,23H,7-8,10-12H2,(H,21,25)(H,22,24). The monoisotopic (exact) mass is 495 g/mol. The summed E-state index contributed by atoms with van der Waals surface area (Å²) < 4.78 is 60.8. The van der Waals surface area contributed by atoms with E-state index < -0.39 is 37.7 Å². The van der Waals surface area contributed by atoms with Crippen molar-refractivity contribution in [3.05, 3.63) is 48.0 Å². The number of fused-ring (bicyclic) bond motifs is 1. The number of amides is 2. The maximum Gasteiger partial charge on any atom is 0.251 e. The van der Waals surface area contributed by atoms with Crippen molar-refractivity contribution >= 4 is 37.4 Å². The van der Waals surface area contributed by atoms with Gasteiger partial charge in [-0.25, -0.2) is 21.6 Å². The third kappa shape index (κ3) is 5.61. The van der Waals surface area contributed by atoms with Gasteiger partial charge in [0, 0.05) is 17.3 Å². The molecule has 0 saturated carbocycles. The molecule has 11 nitrogen and oxygen atoms in total. The van der Waals surface area contributed by atoms with Crippen LogP contribution in [0.3, 0.4) is 0 Å². The molecule has 2 heterocycles. The highest BCUT2D eigenvalue weighted by atomic mass is 32.2. The number of hydrogen-bond acceptors (Lipinski definition) is 8. The molecule has 176 valence electrons. The van der Waals surface area contributed by atoms with Crippen LogP contribution in [-0.2, 0) is 24.7 Å². The zero-order chi connectivity index (χ0) is 23.6. The zero-order valence-electron chi connectivity index (χ0n) is 17.2. The van der Waals surface area contributed by atoms with Gasteiger partial charge in [-0.15, -0.1) is 0 Å². The number of anilines is 1. The predicted molar refractivity (Wildman–Crippen MR) is 117 cm³/mol. The number of rotatable bonds is 7. The largest absolute Gasteiger partial charge is 0.454 e. The van der Waals surface area contributed by atoms with Crippen molar-refractivity contribution in [3.63, 3.8) is 0 Å². The van der Waals surface area contributed by atoms with Crippen LogP contribution < -0.4 is 24.8 Å². The minimum atomic E-state index is -3.90. The van der Waals surface area contributed by atoms with Crippen LogP contribution in [0, 0.1) is 0 Å². The number of hydrogen-bond donors (Lipinski definition) is 3. The molecule has 0 spiro atoms. The molecule has 1 saturated heterocycles. The van der Waals surface area contributed by atoms with Gasteiger partial charge in [-0.05, 0) is 48.9 Å². The first-order valence-corrected chi connectivity index (χ1v) is 13.2. The summed E-state index contributed by atoms with van der Waals surface area (Å²) in [6.45, 7) is -0.216. The molecule has 2 amide bonds. The summed E-state index contributed by atoms with van der Waals surface area (Å²) >= 11 is 0. The Morgan fingerprint density at radius 3 is 2.45 bits per heavy atom. The molecule has 2 aliphatic rings. The lowest BCUT2D eigenvalue weighted by Crippen LogP contribution is -2.35. The second-order valence-corrected chi connectivity index (χ2v) is 11.5. The smallest absolute Gasteiger partial charge is 0.251 e. The Labute approximate surface area is 190 Å². The molecule has 1 fully saturated rings. The van der Waals surface area contributed by atoms with E-state index >= 15 is 0 Å². The van der Waals surface area contributed by atoms with Gasteiger partial charge in [0.15, 0.2) is 21.3 Å². The Hall–Kier alpha value is -3.16. The van der Waals surface area contributed by atoms with Gasteiger partial charge in [0.2, 0.25) is 22.7 Å². The molecule has 3 N–H and O–H groups in total. The number of ether oxygens (including phenoxy) is 2. The minimum Gasteiger partial charge on any atom is -0.454 e. The van der Waals surface area contributed by atoms with Gasteiger partial charge < -0.3 is 20.1 Å². The maximum absolute atomic E-state index is 12.5. The number of benzene rings is 2. The Kier molecular flexibility index (Phi) is 6.28. The molecule has 4 rings (SSSR count). The van der Waals surface area contributed by atoms with Crippen molar-refractivity contribution in [2.45, 2.75) is 17.4 Å². The Bertz CT molecular complexity index is 1290. The third-order valence-electron chi connectivity index (χ3n) is 5.05. The topological polar surface area (TPSA) is 157 Å². The zero-order valence-corrected chi connectivity index (χ0v) is 18.9. The summed E-state index contributed by atoms with van der Waals surface area (Å²) in [5.41, 5.74) is 0.642. The van der Waals surface area contributed by atoms with Crippen molar-refractivity contribution in [1.82, 2.24) is 10.0 Å². The fourth-order valence-electron chi connectivity index (χ4n) is 3.40. The summed E-state index contributed by atoms with van der Waals surface area (Å²) in [4.78, 5) is 24.3. The molecule has 0 aromatic heterocycles. The molecule has 0 aliphatic carbocycles. The van der Waals surface area contributed by atoms with Crippen LogP contribution in [0.15, 0.2) is 47.4 Å². The van der Waals surface area contributed by atoms with Crippen molar-refractivity contribution < 1.29 is 35.9 Å². The molecule has 33 heavy (non-hydrogen) atoms. The van der Waals surface area contributed by atoms with Gasteiger partial charge in [-0.3, -0.25) is 9.59 Å². The summed E-state index contributed by atoms with van der Waals surface area (Å²) in [6, 6.07) is 9.41. The first-order chi connectivity index (χ1) is 15.6. The maximum atomic E-state index is 12.5. The molecule has 2 aliphatic heterocycles.